The summed E-state index contributed by atoms with van der Waals surface area (Å²) >= 11 is 0. The van der Waals surface area contributed by atoms with Gasteiger partial charge in [-0.3, -0.25) is 14.4 Å². The molecule has 2 aliphatic heterocycles. The van der Waals surface area contributed by atoms with E-state index in [-0.39, 0.29) is 23.2 Å². The summed E-state index contributed by atoms with van der Waals surface area (Å²) in [5, 5.41) is 12.6. The molecule has 0 amide bonds. The summed E-state index contributed by atoms with van der Waals surface area (Å²) in [5.41, 5.74) is -1.35. The topological polar surface area (TPSA) is 108 Å². The number of esters is 3. The van der Waals surface area contributed by atoms with Gasteiger partial charge >= 0.3 is 17.9 Å². The molecule has 8 heteroatoms. The van der Waals surface area contributed by atoms with E-state index >= 15 is 0 Å². The molecule has 34 heavy (non-hydrogen) atoms. The minimum absolute atomic E-state index is 0.159. The van der Waals surface area contributed by atoms with Crippen molar-refractivity contribution in [3.63, 3.8) is 0 Å². The largest absolute Gasteiger partial charge is 0.461 e. The minimum atomic E-state index is -2.01. The standard InChI is InChI=1S/C26H36O8/c1-13-17-8-9-18-24-11-7-10-23(5,6)19(24)22(34-16(4)29)26(30,31-12-24)25(18,20(13)32-14(2)27)21(17)33-15(3)28/h17-22,30H,1,7-12H2,2-6H3/t17-,18-,19+,20+,21+,22-,24+,25-,26+/m0/s1. The fraction of sp³-hybridized carbons (Fsp3) is 0.808. The Morgan fingerprint density at radius 1 is 0.971 bits per heavy atom. The monoisotopic (exact) mass is 476 g/mol. The van der Waals surface area contributed by atoms with Crippen molar-refractivity contribution in [2.24, 2.45) is 34.0 Å². The van der Waals surface area contributed by atoms with E-state index in [1.54, 1.807) is 0 Å². The molecule has 4 aliphatic carbocycles. The number of hydrogen-bond donors (Lipinski definition) is 1. The van der Waals surface area contributed by atoms with Gasteiger partial charge in [0.25, 0.3) is 0 Å². The van der Waals surface area contributed by atoms with Gasteiger partial charge in [-0.2, -0.15) is 0 Å². The fourth-order valence-corrected chi connectivity index (χ4v) is 9.16. The highest BCUT2D eigenvalue weighted by molar-refractivity contribution is 5.69. The van der Waals surface area contributed by atoms with Gasteiger partial charge in [-0.25, -0.2) is 0 Å². The summed E-state index contributed by atoms with van der Waals surface area (Å²) in [6.45, 7) is 12.9. The number of hydrogen-bond acceptors (Lipinski definition) is 8. The smallest absolute Gasteiger partial charge is 0.303 e. The van der Waals surface area contributed by atoms with Gasteiger partial charge in [-0.1, -0.05) is 26.8 Å². The first-order chi connectivity index (χ1) is 15.8. The molecule has 8 nitrogen and oxygen atoms in total. The summed E-state index contributed by atoms with van der Waals surface area (Å²) < 4.78 is 24.1. The van der Waals surface area contributed by atoms with Crippen LogP contribution in [0.2, 0.25) is 0 Å². The zero-order valence-corrected chi connectivity index (χ0v) is 20.7. The lowest BCUT2D eigenvalue weighted by molar-refractivity contribution is -0.467. The first-order valence-electron chi connectivity index (χ1n) is 12.4. The third-order valence-corrected chi connectivity index (χ3v) is 9.78. The van der Waals surface area contributed by atoms with Crippen LogP contribution in [0.1, 0.15) is 66.7 Å². The van der Waals surface area contributed by atoms with E-state index < -0.39 is 52.8 Å². The van der Waals surface area contributed by atoms with Crippen molar-refractivity contribution >= 4 is 17.9 Å². The molecular formula is C26H36O8. The van der Waals surface area contributed by atoms with Crippen molar-refractivity contribution in [1.82, 2.24) is 0 Å². The normalized spacial score (nSPS) is 47.9. The van der Waals surface area contributed by atoms with E-state index in [0.29, 0.717) is 18.6 Å². The molecule has 4 bridgehead atoms. The van der Waals surface area contributed by atoms with Crippen LogP contribution >= 0.6 is 0 Å². The SMILES string of the molecule is C=C1[C@@H](OC(C)=O)[C@]23[C@H](OC(C)=O)[C@H]1CC[C@H]2[C@]12CCCC(C)(C)[C@H]1[C@H](OC(C)=O)[C@@]3(O)OC2. The number of rotatable bonds is 3. The number of aliphatic hydroxyl groups is 1. The summed E-state index contributed by atoms with van der Waals surface area (Å²) in [6.07, 6.45) is 1.48. The Bertz CT molecular complexity index is 956. The number of carbonyl (C=O) groups excluding carboxylic acids is 3. The third-order valence-electron chi connectivity index (χ3n) is 9.78. The van der Waals surface area contributed by atoms with Crippen molar-refractivity contribution in [2.75, 3.05) is 6.61 Å². The van der Waals surface area contributed by atoms with Gasteiger partial charge in [-0.05, 0) is 42.6 Å². The third kappa shape index (κ3) is 2.70. The minimum Gasteiger partial charge on any atom is -0.461 e. The maximum atomic E-state index is 12.6. The highest BCUT2D eigenvalue weighted by atomic mass is 16.7. The van der Waals surface area contributed by atoms with Crippen LogP contribution in [0, 0.1) is 34.0 Å². The van der Waals surface area contributed by atoms with Gasteiger partial charge in [0, 0.05) is 38.0 Å². The first kappa shape index (κ1) is 23.8. The fourth-order valence-electron chi connectivity index (χ4n) is 9.16. The second-order valence-corrected chi connectivity index (χ2v) is 11.8. The molecule has 9 atom stereocenters. The molecule has 2 heterocycles. The molecule has 188 valence electrons. The zero-order chi connectivity index (χ0) is 24.8. The van der Waals surface area contributed by atoms with Crippen molar-refractivity contribution in [1.29, 1.82) is 0 Å². The molecule has 6 aliphatic rings. The van der Waals surface area contributed by atoms with Gasteiger partial charge in [0.1, 0.15) is 17.6 Å². The van der Waals surface area contributed by atoms with E-state index in [1.807, 2.05) is 0 Å². The Balaban J connectivity index is 1.80. The predicted molar refractivity (Wildman–Crippen MR) is 119 cm³/mol. The molecule has 6 rings (SSSR count). The lowest BCUT2D eigenvalue weighted by Crippen LogP contribution is -2.85. The Kier molecular flexibility index (Phi) is 5.10. The molecule has 6 fully saturated rings. The van der Waals surface area contributed by atoms with Crippen molar-refractivity contribution in [3.8, 4) is 0 Å². The highest BCUT2D eigenvalue weighted by Gasteiger charge is 2.87. The highest BCUT2D eigenvalue weighted by Crippen LogP contribution is 2.78. The molecule has 2 spiro atoms. The van der Waals surface area contributed by atoms with Crippen molar-refractivity contribution in [3.05, 3.63) is 12.2 Å². The van der Waals surface area contributed by atoms with Gasteiger partial charge in [0.2, 0.25) is 5.79 Å². The van der Waals surface area contributed by atoms with Crippen molar-refractivity contribution < 1.29 is 38.4 Å². The lowest BCUT2D eigenvalue weighted by Gasteiger charge is -2.75. The van der Waals surface area contributed by atoms with Gasteiger partial charge in [-0.15, -0.1) is 0 Å². The summed E-state index contributed by atoms with van der Waals surface area (Å²) in [7, 11) is 0. The van der Waals surface area contributed by atoms with Crippen LogP contribution in [0.4, 0.5) is 0 Å². The number of fused-ring (bicyclic) bond motifs is 2. The molecule has 0 radical (unpaired) electrons. The quantitative estimate of drug-likeness (QED) is 0.376. The molecule has 0 aromatic rings. The molecule has 4 saturated carbocycles. The van der Waals surface area contributed by atoms with Crippen LogP contribution in [0.15, 0.2) is 12.2 Å². The maximum absolute atomic E-state index is 12.6. The van der Waals surface area contributed by atoms with Crippen LogP contribution in [0.3, 0.4) is 0 Å². The van der Waals surface area contributed by atoms with E-state index in [1.165, 1.54) is 20.8 Å². The second kappa shape index (κ2) is 7.29. The summed E-state index contributed by atoms with van der Waals surface area (Å²) in [5.74, 6) is -4.15. The summed E-state index contributed by atoms with van der Waals surface area (Å²) in [4.78, 5) is 37.0. The zero-order valence-electron chi connectivity index (χ0n) is 20.7. The average Bonchev–Trinajstić information content (AvgIpc) is 2.83. The van der Waals surface area contributed by atoms with Gasteiger partial charge in [0.15, 0.2) is 6.10 Å². The molecule has 0 aromatic heterocycles. The molecule has 0 aromatic carbocycles. The van der Waals surface area contributed by atoms with E-state index in [2.05, 4.69) is 20.4 Å². The maximum Gasteiger partial charge on any atom is 0.303 e. The van der Waals surface area contributed by atoms with Crippen LogP contribution < -0.4 is 0 Å². The van der Waals surface area contributed by atoms with Gasteiger partial charge < -0.3 is 24.1 Å². The Morgan fingerprint density at radius 2 is 1.59 bits per heavy atom. The van der Waals surface area contributed by atoms with Crippen molar-refractivity contribution in [2.45, 2.75) is 90.8 Å². The predicted octanol–water partition coefficient (Wildman–Crippen LogP) is 2.91. The molecule has 2 saturated heterocycles. The van der Waals surface area contributed by atoms with Gasteiger partial charge in [0.05, 0.1) is 6.61 Å². The van der Waals surface area contributed by atoms with Crippen LogP contribution in [0.5, 0.6) is 0 Å². The Labute approximate surface area is 200 Å². The first-order valence-corrected chi connectivity index (χ1v) is 12.4. The number of carbonyl (C=O) groups is 3. The molecular weight excluding hydrogens is 440 g/mol. The Hall–Kier alpha value is -1.93. The van der Waals surface area contributed by atoms with Crippen LogP contribution in [-0.4, -0.2) is 53.7 Å². The number of ether oxygens (including phenoxy) is 4. The van der Waals surface area contributed by atoms with E-state index in [4.69, 9.17) is 18.9 Å². The van der Waals surface area contributed by atoms with E-state index in [9.17, 15) is 19.5 Å². The average molecular weight is 477 g/mol. The van der Waals surface area contributed by atoms with E-state index in [0.717, 1.165) is 25.7 Å². The molecule has 1 N–H and O–H groups in total. The lowest BCUT2D eigenvalue weighted by atomic mass is 9.36. The van der Waals surface area contributed by atoms with Crippen LogP contribution in [-0.2, 0) is 33.3 Å². The van der Waals surface area contributed by atoms with Crippen LogP contribution in [0.25, 0.3) is 0 Å². The second-order valence-electron chi connectivity index (χ2n) is 11.8. The summed E-state index contributed by atoms with van der Waals surface area (Å²) in [6, 6.07) is 0. The molecule has 0 unspecified atom stereocenters. The Morgan fingerprint density at radius 3 is 2.21 bits per heavy atom.